The summed E-state index contributed by atoms with van der Waals surface area (Å²) in [6.45, 7) is 4.33. The van der Waals surface area contributed by atoms with Gasteiger partial charge < -0.3 is 14.6 Å². The van der Waals surface area contributed by atoms with Crippen molar-refractivity contribution in [2.75, 3.05) is 11.1 Å². The minimum absolute atomic E-state index is 0.135. The average molecular weight is 466 g/mol. The Kier molecular flexibility index (Phi) is 6.87. The van der Waals surface area contributed by atoms with Gasteiger partial charge in [-0.25, -0.2) is 4.98 Å². The Morgan fingerprint density at radius 1 is 1.12 bits per heavy atom. The maximum atomic E-state index is 12.5. The van der Waals surface area contributed by atoms with E-state index in [1.54, 1.807) is 0 Å². The number of nitrogens with zero attached hydrogens (tertiary/aromatic N) is 4. The molecule has 2 aromatic heterocycles. The number of thioether (sulfide) groups is 1. The van der Waals surface area contributed by atoms with Gasteiger partial charge in [-0.15, -0.1) is 21.5 Å². The number of hydrogen-bond donors (Lipinski definition) is 1. The summed E-state index contributed by atoms with van der Waals surface area (Å²) in [6, 6.07) is 17.8. The number of benzene rings is 2. The van der Waals surface area contributed by atoms with E-state index in [2.05, 4.69) is 20.5 Å². The second kappa shape index (κ2) is 9.97. The number of hydrogen-bond acceptors (Lipinski definition) is 7. The first-order valence-corrected chi connectivity index (χ1v) is 11.8. The lowest BCUT2D eigenvalue weighted by Gasteiger charge is -2.07. The van der Waals surface area contributed by atoms with Crippen LogP contribution in [0.25, 0.3) is 11.3 Å². The summed E-state index contributed by atoms with van der Waals surface area (Å²) in [7, 11) is 1.87. The fourth-order valence-electron chi connectivity index (χ4n) is 3.05. The Hall–Kier alpha value is -3.17. The predicted octanol–water partition coefficient (Wildman–Crippen LogP) is 4.87. The third-order valence-electron chi connectivity index (χ3n) is 4.71. The lowest BCUT2D eigenvalue weighted by atomic mass is 10.1. The van der Waals surface area contributed by atoms with Gasteiger partial charge in [-0.2, -0.15) is 0 Å². The van der Waals surface area contributed by atoms with E-state index in [0.29, 0.717) is 22.7 Å². The highest BCUT2D eigenvalue weighted by Gasteiger charge is 2.15. The van der Waals surface area contributed by atoms with Crippen molar-refractivity contribution in [1.82, 2.24) is 19.7 Å². The van der Waals surface area contributed by atoms with Gasteiger partial charge in [-0.05, 0) is 31.5 Å². The number of aryl methyl sites for hydroxylation is 2. The number of amides is 1. The van der Waals surface area contributed by atoms with Gasteiger partial charge in [0.2, 0.25) is 5.91 Å². The number of nitrogens with one attached hydrogen (secondary N) is 1. The van der Waals surface area contributed by atoms with Gasteiger partial charge in [0, 0.05) is 17.5 Å². The van der Waals surface area contributed by atoms with Gasteiger partial charge in [0.15, 0.2) is 16.1 Å². The molecule has 0 aliphatic rings. The molecule has 0 atom stereocenters. The second-order valence-electron chi connectivity index (χ2n) is 7.19. The number of aromatic nitrogens is 4. The van der Waals surface area contributed by atoms with Gasteiger partial charge in [0.05, 0.1) is 11.4 Å². The summed E-state index contributed by atoms with van der Waals surface area (Å²) >= 11 is 2.80. The molecule has 9 heteroatoms. The van der Waals surface area contributed by atoms with Gasteiger partial charge >= 0.3 is 0 Å². The zero-order valence-electron chi connectivity index (χ0n) is 18.0. The van der Waals surface area contributed by atoms with E-state index in [0.717, 1.165) is 27.4 Å². The van der Waals surface area contributed by atoms with E-state index < -0.39 is 0 Å². The van der Waals surface area contributed by atoms with Crippen LogP contribution in [0.2, 0.25) is 0 Å². The largest absolute Gasteiger partial charge is 0.486 e. The molecule has 0 unspecified atom stereocenters. The van der Waals surface area contributed by atoms with Crippen LogP contribution in [0.1, 0.15) is 16.3 Å². The molecule has 0 radical (unpaired) electrons. The van der Waals surface area contributed by atoms with Crippen LogP contribution in [-0.2, 0) is 18.4 Å². The van der Waals surface area contributed by atoms with Crippen molar-refractivity contribution in [1.29, 1.82) is 0 Å². The third-order valence-corrected chi connectivity index (χ3v) is 6.61. The fraction of sp³-hybridized carbons (Fsp3) is 0.217. The topological polar surface area (TPSA) is 81.9 Å². The van der Waals surface area contributed by atoms with E-state index in [9.17, 15) is 4.79 Å². The van der Waals surface area contributed by atoms with Crippen molar-refractivity contribution in [3.05, 3.63) is 70.9 Å². The van der Waals surface area contributed by atoms with Crippen LogP contribution in [0, 0.1) is 13.8 Å². The van der Waals surface area contributed by atoms with Crippen molar-refractivity contribution in [2.24, 2.45) is 7.05 Å². The Bertz CT molecular complexity index is 1220. The van der Waals surface area contributed by atoms with Crippen LogP contribution in [0.15, 0.2) is 59.8 Å². The highest BCUT2D eigenvalue weighted by molar-refractivity contribution is 7.99. The standard InChI is InChI=1S/C23H23N5O2S2/c1-15-8-7-11-18(12-15)30-13-19-26-27-23(28(19)3)31-14-20(29)24-22-25-21(16(2)32-22)17-9-5-4-6-10-17/h4-12H,13-14H2,1-3H3,(H,24,25,29). The fourth-order valence-corrected chi connectivity index (χ4v) is 4.63. The third kappa shape index (κ3) is 5.35. The minimum Gasteiger partial charge on any atom is -0.486 e. The summed E-state index contributed by atoms with van der Waals surface area (Å²) in [5.74, 6) is 1.56. The van der Waals surface area contributed by atoms with Gasteiger partial charge in [-0.3, -0.25) is 4.79 Å². The molecular weight excluding hydrogens is 442 g/mol. The first-order chi connectivity index (χ1) is 15.5. The van der Waals surface area contributed by atoms with Gasteiger partial charge in [0.25, 0.3) is 0 Å². The van der Waals surface area contributed by atoms with Gasteiger partial charge in [0.1, 0.15) is 12.4 Å². The molecule has 4 rings (SSSR count). The number of carbonyl (C=O) groups is 1. The second-order valence-corrected chi connectivity index (χ2v) is 9.34. The first kappa shape index (κ1) is 22.0. The van der Waals surface area contributed by atoms with Crippen LogP contribution in [0.5, 0.6) is 5.75 Å². The molecule has 1 N–H and O–H groups in total. The Balaban J connectivity index is 1.32. The van der Waals surface area contributed by atoms with Crippen LogP contribution in [0.4, 0.5) is 5.13 Å². The molecule has 0 aliphatic carbocycles. The van der Waals surface area contributed by atoms with E-state index in [1.807, 2.05) is 80.1 Å². The summed E-state index contributed by atoms with van der Waals surface area (Å²) < 4.78 is 7.64. The van der Waals surface area contributed by atoms with Crippen molar-refractivity contribution < 1.29 is 9.53 Å². The molecular formula is C23H23N5O2S2. The zero-order valence-corrected chi connectivity index (χ0v) is 19.7. The number of anilines is 1. The molecule has 0 aliphatic heterocycles. The maximum Gasteiger partial charge on any atom is 0.236 e. The van der Waals surface area contributed by atoms with E-state index >= 15 is 0 Å². The molecule has 0 saturated carbocycles. The summed E-state index contributed by atoms with van der Waals surface area (Å²) in [6.07, 6.45) is 0. The Morgan fingerprint density at radius 3 is 2.72 bits per heavy atom. The normalized spacial score (nSPS) is 10.8. The monoisotopic (exact) mass is 465 g/mol. The van der Waals surface area contributed by atoms with Crippen molar-refractivity contribution >= 4 is 34.1 Å². The first-order valence-electron chi connectivity index (χ1n) is 10.0. The van der Waals surface area contributed by atoms with Crippen LogP contribution < -0.4 is 10.1 Å². The number of ether oxygens (including phenoxy) is 1. The van der Waals surface area contributed by atoms with Crippen LogP contribution in [-0.4, -0.2) is 31.4 Å². The summed E-state index contributed by atoms with van der Waals surface area (Å²) in [5.41, 5.74) is 3.06. The SMILES string of the molecule is Cc1cccc(OCc2nnc(SCC(=O)Nc3nc(-c4ccccc4)c(C)s3)n2C)c1. The van der Waals surface area contributed by atoms with Crippen molar-refractivity contribution in [3.63, 3.8) is 0 Å². The molecule has 2 heterocycles. The summed E-state index contributed by atoms with van der Waals surface area (Å²) in [4.78, 5) is 18.1. The zero-order chi connectivity index (χ0) is 22.5. The lowest BCUT2D eigenvalue weighted by Crippen LogP contribution is -2.14. The smallest absolute Gasteiger partial charge is 0.236 e. The maximum absolute atomic E-state index is 12.5. The molecule has 0 bridgehead atoms. The number of thiazole rings is 1. The predicted molar refractivity (Wildman–Crippen MR) is 128 cm³/mol. The molecule has 0 fully saturated rings. The molecule has 32 heavy (non-hydrogen) atoms. The van der Waals surface area contributed by atoms with E-state index in [-0.39, 0.29) is 11.7 Å². The minimum atomic E-state index is -0.135. The van der Waals surface area contributed by atoms with E-state index in [1.165, 1.54) is 23.1 Å². The molecule has 1 amide bonds. The number of carbonyl (C=O) groups excluding carboxylic acids is 1. The average Bonchev–Trinajstić information content (AvgIpc) is 3.33. The van der Waals surface area contributed by atoms with Gasteiger partial charge in [-0.1, -0.05) is 54.2 Å². The summed E-state index contributed by atoms with van der Waals surface area (Å²) in [5, 5.41) is 12.5. The van der Waals surface area contributed by atoms with Crippen LogP contribution >= 0.6 is 23.1 Å². The van der Waals surface area contributed by atoms with Crippen molar-refractivity contribution in [3.8, 4) is 17.0 Å². The quantitative estimate of drug-likeness (QED) is 0.374. The molecule has 164 valence electrons. The van der Waals surface area contributed by atoms with Crippen LogP contribution in [0.3, 0.4) is 0 Å². The lowest BCUT2D eigenvalue weighted by molar-refractivity contribution is -0.113. The van der Waals surface area contributed by atoms with E-state index in [4.69, 9.17) is 4.74 Å². The Labute approximate surface area is 194 Å². The Morgan fingerprint density at radius 2 is 1.94 bits per heavy atom. The molecule has 2 aromatic carbocycles. The highest BCUT2D eigenvalue weighted by Crippen LogP contribution is 2.30. The highest BCUT2D eigenvalue weighted by atomic mass is 32.2. The molecule has 7 nitrogen and oxygen atoms in total. The molecule has 4 aromatic rings. The molecule has 0 saturated heterocycles. The molecule has 0 spiro atoms. The number of rotatable bonds is 8. The van der Waals surface area contributed by atoms with Crippen molar-refractivity contribution in [2.45, 2.75) is 25.6 Å².